The van der Waals surface area contributed by atoms with Crippen LogP contribution in [0.3, 0.4) is 0 Å². The molecular formula is C13H13N3O. The quantitative estimate of drug-likeness (QED) is 0.721. The monoisotopic (exact) mass is 227 g/mol. The zero-order valence-electron chi connectivity index (χ0n) is 9.31. The fourth-order valence-electron chi connectivity index (χ4n) is 2.07. The molecule has 4 nitrogen and oxygen atoms in total. The molecule has 0 aliphatic heterocycles. The molecule has 3 N–H and O–H groups in total. The molecule has 4 heteroatoms. The standard InChI is InChI=1S/C13H13N3O/c14-6-5-12-10(7-15-16-12)11-8-17-13-4-2-1-3-9(11)13/h1-4,7-8H,5-6,14H2,(H,15,16). The van der Waals surface area contributed by atoms with E-state index in [1.54, 1.807) is 6.26 Å². The predicted molar refractivity (Wildman–Crippen MR) is 66.6 cm³/mol. The first-order valence-electron chi connectivity index (χ1n) is 5.59. The van der Waals surface area contributed by atoms with Crippen LogP contribution in [0.4, 0.5) is 0 Å². The van der Waals surface area contributed by atoms with Gasteiger partial charge in [-0.05, 0) is 12.6 Å². The van der Waals surface area contributed by atoms with Gasteiger partial charge in [0, 0.05) is 28.6 Å². The lowest BCUT2D eigenvalue weighted by molar-refractivity contribution is 0.617. The van der Waals surface area contributed by atoms with Gasteiger partial charge in [0.25, 0.3) is 0 Å². The molecule has 0 radical (unpaired) electrons. The van der Waals surface area contributed by atoms with E-state index in [4.69, 9.17) is 10.2 Å². The van der Waals surface area contributed by atoms with Gasteiger partial charge >= 0.3 is 0 Å². The highest BCUT2D eigenvalue weighted by Crippen LogP contribution is 2.31. The Bertz CT molecular complexity index is 639. The summed E-state index contributed by atoms with van der Waals surface area (Å²) in [6.45, 7) is 0.602. The topological polar surface area (TPSA) is 67.8 Å². The molecule has 0 aliphatic rings. The number of nitrogens with zero attached hydrogens (tertiary/aromatic N) is 1. The van der Waals surface area contributed by atoms with Crippen molar-refractivity contribution in [2.24, 2.45) is 5.73 Å². The average molecular weight is 227 g/mol. The highest BCUT2D eigenvalue weighted by molar-refractivity contribution is 5.94. The molecule has 3 rings (SSSR count). The van der Waals surface area contributed by atoms with Crippen LogP contribution in [0.25, 0.3) is 22.1 Å². The lowest BCUT2D eigenvalue weighted by atomic mass is 10.0. The molecule has 2 heterocycles. The highest BCUT2D eigenvalue weighted by Gasteiger charge is 2.12. The maximum Gasteiger partial charge on any atom is 0.134 e. The summed E-state index contributed by atoms with van der Waals surface area (Å²) in [5.41, 5.74) is 9.67. The zero-order chi connectivity index (χ0) is 11.7. The summed E-state index contributed by atoms with van der Waals surface area (Å²) in [5.74, 6) is 0. The average Bonchev–Trinajstić information content (AvgIpc) is 2.95. The summed E-state index contributed by atoms with van der Waals surface area (Å²) in [7, 11) is 0. The van der Waals surface area contributed by atoms with Crippen LogP contribution >= 0.6 is 0 Å². The summed E-state index contributed by atoms with van der Waals surface area (Å²) in [5, 5.41) is 8.17. The largest absolute Gasteiger partial charge is 0.464 e. The number of hydrogen-bond acceptors (Lipinski definition) is 3. The van der Waals surface area contributed by atoms with Gasteiger partial charge in [-0.15, -0.1) is 0 Å². The highest BCUT2D eigenvalue weighted by atomic mass is 16.3. The molecule has 0 amide bonds. The Kier molecular flexibility index (Phi) is 2.42. The zero-order valence-corrected chi connectivity index (χ0v) is 9.31. The van der Waals surface area contributed by atoms with Crippen molar-refractivity contribution in [3.63, 3.8) is 0 Å². The molecular weight excluding hydrogens is 214 g/mol. The van der Waals surface area contributed by atoms with Gasteiger partial charge in [-0.25, -0.2) is 0 Å². The van der Waals surface area contributed by atoms with Crippen LogP contribution in [-0.2, 0) is 6.42 Å². The van der Waals surface area contributed by atoms with E-state index >= 15 is 0 Å². The maximum absolute atomic E-state index is 5.58. The number of benzene rings is 1. The fraction of sp³-hybridized carbons (Fsp3) is 0.154. The van der Waals surface area contributed by atoms with E-state index in [-0.39, 0.29) is 0 Å². The molecule has 0 saturated heterocycles. The number of hydrogen-bond donors (Lipinski definition) is 2. The first kappa shape index (κ1) is 10.1. The van der Waals surface area contributed by atoms with Gasteiger partial charge in [0.15, 0.2) is 0 Å². The Labute approximate surface area is 98.4 Å². The van der Waals surface area contributed by atoms with Crippen molar-refractivity contribution in [2.75, 3.05) is 6.54 Å². The van der Waals surface area contributed by atoms with Crippen LogP contribution < -0.4 is 5.73 Å². The SMILES string of the molecule is NCCc1[nH]ncc1-c1coc2ccccc12. The number of aromatic nitrogens is 2. The number of furan rings is 1. The Morgan fingerprint density at radius 3 is 3.00 bits per heavy atom. The predicted octanol–water partition coefficient (Wildman–Crippen LogP) is 2.32. The fourth-order valence-corrected chi connectivity index (χ4v) is 2.07. The van der Waals surface area contributed by atoms with E-state index in [0.29, 0.717) is 6.54 Å². The Morgan fingerprint density at radius 1 is 1.24 bits per heavy atom. The summed E-state index contributed by atoms with van der Waals surface area (Å²) in [6, 6.07) is 7.98. The van der Waals surface area contributed by atoms with E-state index in [1.165, 1.54) is 0 Å². The minimum absolute atomic E-state index is 0.602. The third-order valence-electron chi connectivity index (χ3n) is 2.88. The molecule has 1 aromatic carbocycles. The molecule has 0 atom stereocenters. The normalized spacial score (nSPS) is 11.1. The van der Waals surface area contributed by atoms with Crippen LogP contribution in [0, 0.1) is 0 Å². The molecule has 0 bridgehead atoms. The van der Waals surface area contributed by atoms with Crippen molar-refractivity contribution in [2.45, 2.75) is 6.42 Å². The Morgan fingerprint density at radius 2 is 2.12 bits per heavy atom. The van der Waals surface area contributed by atoms with Gasteiger partial charge in [0.2, 0.25) is 0 Å². The summed E-state index contributed by atoms with van der Waals surface area (Å²) < 4.78 is 5.53. The molecule has 3 aromatic rings. The van der Waals surface area contributed by atoms with Crippen molar-refractivity contribution in [1.82, 2.24) is 10.2 Å². The number of aromatic amines is 1. The van der Waals surface area contributed by atoms with E-state index in [0.717, 1.165) is 34.2 Å². The lowest BCUT2D eigenvalue weighted by Crippen LogP contribution is -2.03. The second-order valence-corrected chi connectivity index (χ2v) is 3.95. The van der Waals surface area contributed by atoms with Crippen LogP contribution in [0.15, 0.2) is 41.1 Å². The van der Waals surface area contributed by atoms with Crippen molar-refractivity contribution in [3.05, 3.63) is 42.4 Å². The van der Waals surface area contributed by atoms with Crippen molar-refractivity contribution < 1.29 is 4.42 Å². The molecule has 2 aromatic heterocycles. The van der Waals surface area contributed by atoms with E-state index in [9.17, 15) is 0 Å². The Hall–Kier alpha value is -2.07. The third kappa shape index (κ3) is 1.62. The summed E-state index contributed by atoms with van der Waals surface area (Å²) in [6.07, 6.45) is 4.38. The van der Waals surface area contributed by atoms with E-state index in [2.05, 4.69) is 10.2 Å². The van der Waals surface area contributed by atoms with Gasteiger partial charge in [-0.1, -0.05) is 18.2 Å². The lowest BCUT2D eigenvalue weighted by Gasteiger charge is -1.99. The van der Waals surface area contributed by atoms with Crippen LogP contribution in [0.5, 0.6) is 0 Å². The smallest absolute Gasteiger partial charge is 0.134 e. The van der Waals surface area contributed by atoms with Gasteiger partial charge in [0.1, 0.15) is 5.58 Å². The number of H-pyrrole nitrogens is 1. The Balaban J connectivity index is 2.17. The molecule has 0 unspecified atom stereocenters. The number of nitrogens with one attached hydrogen (secondary N) is 1. The van der Waals surface area contributed by atoms with Crippen molar-refractivity contribution in [3.8, 4) is 11.1 Å². The maximum atomic E-state index is 5.58. The van der Waals surface area contributed by atoms with Gasteiger partial charge in [-0.2, -0.15) is 5.10 Å². The first-order valence-corrected chi connectivity index (χ1v) is 5.59. The van der Waals surface area contributed by atoms with Gasteiger partial charge in [0.05, 0.1) is 12.5 Å². The molecule has 0 aliphatic carbocycles. The minimum atomic E-state index is 0.602. The summed E-state index contributed by atoms with van der Waals surface area (Å²) in [4.78, 5) is 0. The molecule has 0 saturated carbocycles. The van der Waals surface area contributed by atoms with Gasteiger partial charge in [-0.3, -0.25) is 5.10 Å². The third-order valence-corrected chi connectivity index (χ3v) is 2.88. The van der Waals surface area contributed by atoms with Crippen LogP contribution in [0.1, 0.15) is 5.69 Å². The second-order valence-electron chi connectivity index (χ2n) is 3.95. The molecule has 86 valence electrons. The van der Waals surface area contributed by atoms with Crippen LogP contribution in [-0.4, -0.2) is 16.7 Å². The van der Waals surface area contributed by atoms with Crippen molar-refractivity contribution >= 4 is 11.0 Å². The molecule has 0 spiro atoms. The minimum Gasteiger partial charge on any atom is -0.464 e. The number of rotatable bonds is 3. The number of para-hydroxylation sites is 1. The van der Waals surface area contributed by atoms with Crippen molar-refractivity contribution in [1.29, 1.82) is 0 Å². The van der Waals surface area contributed by atoms with Crippen LogP contribution in [0.2, 0.25) is 0 Å². The van der Waals surface area contributed by atoms with E-state index < -0.39 is 0 Å². The first-order chi connectivity index (χ1) is 8.40. The molecule has 17 heavy (non-hydrogen) atoms. The summed E-state index contributed by atoms with van der Waals surface area (Å²) >= 11 is 0. The van der Waals surface area contributed by atoms with E-state index in [1.807, 2.05) is 30.5 Å². The van der Waals surface area contributed by atoms with Gasteiger partial charge < -0.3 is 10.2 Å². The number of fused-ring (bicyclic) bond motifs is 1. The second kappa shape index (κ2) is 4.07. The number of nitrogens with two attached hydrogens (primary N) is 1. The molecule has 0 fully saturated rings.